The molecule has 15 fully saturated rings. The molecule has 15 aliphatic rings. The third kappa shape index (κ3) is 9.52. The van der Waals surface area contributed by atoms with Crippen LogP contribution in [-0.4, -0.2) is 198 Å². The first kappa shape index (κ1) is 54.0. The predicted molar refractivity (Wildman–Crippen MR) is 274 cm³/mol. The summed E-state index contributed by atoms with van der Waals surface area (Å²) in [6.45, 7) is 15.9. The second-order valence-corrected chi connectivity index (χ2v) is 27.3. The minimum Gasteiger partial charge on any atom is -0.459 e. The molecule has 15 aliphatic heterocycles. The van der Waals surface area contributed by atoms with E-state index in [0.29, 0.717) is 77.2 Å². The Morgan fingerprint density at radius 3 is 2.22 bits per heavy atom. The highest BCUT2D eigenvalue weighted by Crippen LogP contribution is 2.57. The molecule has 15 heterocycles. The first-order valence-electron chi connectivity index (χ1n) is 30.9. The molecule has 31 atom stereocenters. The van der Waals surface area contributed by atoms with E-state index in [9.17, 15) is 20.1 Å². The van der Waals surface area contributed by atoms with Crippen molar-refractivity contribution in [1.82, 2.24) is 0 Å². The molecule has 0 aliphatic carbocycles. The molecule has 5 unspecified atom stereocenters. The van der Waals surface area contributed by atoms with Gasteiger partial charge in [-0.1, -0.05) is 27.0 Å². The summed E-state index contributed by atoms with van der Waals surface area (Å²) in [6, 6.07) is 0. The highest BCUT2D eigenvalue weighted by Gasteiger charge is 2.66. The molecule has 15 rings (SSSR count). The third-order valence-corrected chi connectivity index (χ3v) is 22.0. The lowest BCUT2D eigenvalue weighted by Crippen LogP contribution is -2.65. The summed E-state index contributed by atoms with van der Waals surface area (Å²) in [5.41, 5.74) is 2.12. The summed E-state index contributed by atoms with van der Waals surface area (Å²) in [6.07, 6.45) is 2.48. The molecular weight excluding hydrogens is 1020 g/mol. The van der Waals surface area contributed by atoms with Gasteiger partial charge in [-0.15, -0.1) is 0 Å². The fraction of sp³-hybridized carbons (Fsp3) is 0.917. The Morgan fingerprint density at radius 1 is 0.570 bits per heavy atom. The molecule has 0 aromatic rings. The van der Waals surface area contributed by atoms with Gasteiger partial charge in [0.25, 0.3) is 0 Å². The standard InChI is InChI=1S/C60H86O19/c1-27-14-35-17-37-36-16-33(6-8-39(27)68-35)67-42(30(36)4)19-46-54(74-51(64)18-34-7-9-41-55(69-34)57-56-50(71-41)26-65-60(37,79-57)13-10-29(3)66-56)31(5)53-47(72-46)21-45-48(73-53)23-59(76-45)24-49-52(78-59)28(2)22-58(77-49)12-11-40-44(75-58)20-43(70-40)38(63)15-32(62)25-61/h28-29,31-50,52-57,61-63H,1,4,6-26H2,2-3,5H3/t28-,29?,31-,32+,33?,34+,35+,36?,37+,38-,39?,40-,41-,42?,43-,44-,45+,46-,47-,48+,49-,50-,52-,53-,54-,55-,56-,57-,58+,59-,60+/m0/s1. The van der Waals surface area contributed by atoms with Crippen LogP contribution in [0.25, 0.3) is 0 Å². The molecule has 0 amide bonds. The summed E-state index contributed by atoms with van der Waals surface area (Å²) < 4.78 is 105. The molecule has 0 aromatic carbocycles. The van der Waals surface area contributed by atoms with Crippen LogP contribution in [0.15, 0.2) is 24.3 Å². The van der Waals surface area contributed by atoms with Crippen LogP contribution in [0, 0.1) is 23.7 Å². The number of aliphatic hydroxyl groups excluding tert-OH is 3. The Labute approximate surface area is 463 Å². The molecule has 0 aromatic heterocycles. The van der Waals surface area contributed by atoms with Crippen LogP contribution >= 0.6 is 0 Å². The molecule has 15 saturated heterocycles. The molecule has 79 heavy (non-hydrogen) atoms. The van der Waals surface area contributed by atoms with Gasteiger partial charge in [0.05, 0.1) is 136 Å². The topological polar surface area (TPSA) is 216 Å². The van der Waals surface area contributed by atoms with E-state index in [2.05, 4.69) is 27.4 Å². The molecule has 19 nitrogen and oxygen atoms in total. The van der Waals surface area contributed by atoms with E-state index >= 15 is 0 Å². The third-order valence-electron chi connectivity index (χ3n) is 22.0. The highest BCUT2D eigenvalue weighted by molar-refractivity contribution is 5.70. The van der Waals surface area contributed by atoms with Crippen LogP contribution in [0.2, 0.25) is 0 Å². The van der Waals surface area contributed by atoms with Crippen molar-refractivity contribution >= 4 is 5.97 Å². The average Bonchev–Trinajstić information content (AvgIpc) is 4.33. The van der Waals surface area contributed by atoms with Gasteiger partial charge in [0.1, 0.15) is 30.5 Å². The molecular formula is C60H86O19. The maximum atomic E-state index is 14.6. The summed E-state index contributed by atoms with van der Waals surface area (Å²) in [5, 5.41) is 30.2. The van der Waals surface area contributed by atoms with E-state index < -0.39 is 85.0 Å². The summed E-state index contributed by atoms with van der Waals surface area (Å²) in [7, 11) is 0. The molecule has 0 radical (unpaired) electrons. The number of rotatable bonds is 4. The quantitative estimate of drug-likeness (QED) is 0.251. The number of aliphatic hydroxyl groups is 3. The Bertz CT molecular complexity index is 2320. The van der Waals surface area contributed by atoms with E-state index in [0.717, 1.165) is 49.7 Å². The predicted octanol–water partition coefficient (Wildman–Crippen LogP) is 4.93. The lowest BCUT2D eigenvalue weighted by molar-refractivity contribution is -0.340. The fourth-order valence-electron chi connectivity index (χ4n) is 18.3. The van der Waals surface area contributed by atoms with Crippen LogP contribution in [0.3, 0.4) is 0 Å². The normalized spacial score (nSPS) is 56.4. The van der Waals surface area contributed by atoms with Crippen molar-refractivity contribution in [2.24, 2.45) is 23.7 Å². The van der Waals surface area contributed by atoms with Crippen LogP contribution < -0.4 is 0 Å². The van der Waals surface area contributed by atoms with Gasteiger partial charge in [0.2, 0.25) is 0 Å². The monoisotopic (exact) mass is 1110 g/mol. The van der Waals surface area contributed by atoms with Crippen molar-refractivity contribution < 1.29 is 91.2 Å². The van der Waals surface area contributed by atoms with Crippen LogP contribution in [0.5, 0.6) is 0 Å². The number of carbonyl (C=O) groups excluding carboxylic acids is 1. The molecule has 3 N–H and O–H groups in total. The van der Waals surface area contributed by atoms with Gasteiger partial charge in [-0.2, -0.15) is 0 Å². The van der Waals surface area contributed by atoms with E-state index in [1.54, 1.807) is 0 Å². The van der Waals surface area contributed by atoms with Crippen molar-refractivity contribution in [2.75, 3.05) is 13.2 Å². The number of fused-ring (bicyclic) bond motifs is 10. The van der Waals surface area contributed by atoms with E-state index in [1.165, 1.54) is 0 Å². The minimum atomic E-state index is -1.02. The first-order chi connectivity index (χ1) is 38.1. The summed E-state index contributed by atoms with van der Waals surface area (Å²) >= 11 is 0. The molecule has 11 bridgehead atoms. The zero-order chi connectivity index (χ0) is 53.9. The molecule has 440 valence electrons. The largest absolute Gasteiger partial charge is 0.459 e. The van der Waals surface area contributed by atoms with Crippen molar-refractivity contribution in [1.29, 1.82) is 0 Å². The van der Waals surface area contributed by atoms with Gasteiger partial charge in [-0.3, -0.25) is 4.79 Å². The number of carbonyl (C=O) groups is 1. The Hall–Kier alpha value is -1.73. The van der Waals surface area contributed by atoms with Crippen molar-refractivity contribution in [2.45, 2.75) is 307 Å². The lowest BCUT2D eigenvalue weighted by atomic mass is 9.69. The number of ether oxygens (including phenoxy) is 15. The zero-order valence-corrected chi connectivity index (χ0v) is 46.3. The molecule has 2 spiro atoms. The molecule has 0 saturated carbocycles. The van der Waals surface area contributed by atoms with Crippen LogP contribution in [-0.2, 0) is 75.8 Å². The number of hydrogen-bond acceptors (Lipinski definition) is 19. The van der Waals surface area contributed by atoms with E-state index in [4.69, 9.17) is 77.6 Å². The van der Waals surface area contributed by atoms with E-state index in [1.807, 2.05) is 0 Å². The van der Waals surface area contributed by atoms with Crippen LogP contribution in [0.4, 0.5) is 0 Å². The summed E-state index contributed by atoms with van der Waals surface area (Å²) in [4.78, 5) is 14.6. The second kappa shape index (κ2) is 20.5. The van der Waals surface area contributed by atoms with Gasteiger partial charge in [-0.05, 0) is 87.7 Å². The van der Waals surface area contributed by atoms with Gasteiger partial charge in [0, 0.05) is 69.6 Å². The smallest absolute Gasteiger partial charge is 0.308 e. The Kier molecular flexibility index (Phi) is 14.0. The zero-order valence-electron chi connectivity index (χ0n) is 46.3. The lowest BCUT2D eigenvalue weighted by Gasteiger charge is -2.54. The van der Waals surface area contributed by atoms with Crippen LogP contribution in [0.1, 0.15) is 143 Å². The van der Waals surface area contributed by atoms with Crippen molar-refractivity contribution in [3.05, 3.63) is 24.3 Å². The van der Waals surface area contributed by atoms with Gasteiger partial charge < -0.3 is 86.4 Å². The first-order valence-corrected chi connectivity index (χ1v) is 30.9. The van der Waals surface area contributed by atoms with Gasteiger partial charge in [0.15, 0.2) is 17.4 Å². The average molecular weight is 1110 g/mol. The second-order valence-electron chi connectivity index (χ2n) is 27.3. The number of esters is 1. The van der Waals surface area contributed by atoms with Crippen molar-refractivity contribution in [3.8, 4) is 0 Å². The van der Waals surface area contributed by atoms with Crippen molar-refractivity contribution in [3.63, 3.8) is 0 Å². The highest BCUT2D eigenvalue weighted by atomic mass is 16.8. The Balaban J connectivity index is 0.694. The maximum absolute atomic E-state index is 14.6. The fourth-order valence-corrected chi connectivity index (χ4v) is 18.3. The Morgan fingerprint density at radius 2 is 1.34 bits per heavy atom. The van der Waals surface area contributed by atoms with Gasteiger partial charge >= 0.3 is 5.97 Å². The summed E-state index contributed by atoms with van der Waals surface area (Å²) in [5.74, 6) is -3.42. The number of hydrogen-bond donors (Lipinski definition) is 3. The van der Waals surface area contributed by atoms with E-state index in [-0.39, 0.29) is 128 Å². The molecule has 19 heteroatoms. The van der Waals surface area contributed by atoms with Gasteiger partial charge in [-0.25, -0.2) is 0 Å². The SMILES string of the molecule is C=C1C[C@@H]2C[C@@H]3C4CC(CCC1O2)OC(C[C@@H]1O[C@H]2C[C@H]5O[C@@]6(C[C@@H]7O[C@]8(CC[C@@H]9O[C@H]([C@@H](O)C[C@@H](O)CO)C[C@@H]9O8)C[C@H](C)[C@@H]7O6)C[C@H]5O[C@H]2[C@H](C)[C@@H]1OC(=O)C[C@H]1CC[C@@H]2O[C@H]5CO[C@@]36CCC(C)O[C@@H]5[C@@H](O6)[C@H]2O1)C4=C. The maximum Gasteiger partial charge on any atom is 0.308 e. The minimum absolute atomic E-state index is 0.0370.